The maximum Gasteiger partial charge on any atom is 0.285 e. The molecule has 8 heteroatoms. The van der Waals surface area contributed by atoms with Gasteiger partial charge in [0.05, 0.1) is 15.5 Å². The second-order valence-electron chi connectivity index (χ2n) is 5.92. The Bertz CT molecular complexity index is 942. The zero-order valence-electron chi connectivity index (χ0n) is 14.6. The largest absolute Gasteiger partial charge is 0.378 e. The average molecular weight is 418 g/mol. The van der Waals surface area contributed by atoms with Gasteiger partial charge in [0, 0.05) is 19.8 Å². The number of amides is 2. The van der Waals surface area contributed by atoms with Gasteiger partial charge in [0.1, 0.15) is 0 Å². The standard InChI is InChI=1S/C19H16ClN3O2S2/c1-22(2)13-9-7-12(8-10-13)11-16-18(25)23(19(26)27-16)21-17(24)14-5-3-4-6-15(14)20/h3-11H,1-2H3,(H,21,24)/b16-11-. The zero-order chi connectivity index (χ0) is 19.6. The number of carbonyl (C=O) groups is 2. The van der Waals surface area contributed by atoms with Crippen LogP contribution in [0.2, 0.25) is 5.02 Å². The minimum atomic E-state index is -0.492. The number of carbonyl (C=O) groups excluding carboxylic acids is 2. The summed E-state index contributed by atoms with van der Waals surface area (Å²) in [5.41, 5.74) is 4.74. The van der Waals surface area contributed by atoms with E-state index in [9.17, 15) is 9.59 Å². The Morgan fingerprint density at radius 2 is 1.85 bits per heavy atom. The summed E-state index contributed by atoms with van der Waals surface area (Å²) in [5, 5.41) is 1.38. The van der Waals surface area contributed by atoms with Gasteiger partial charge in [-0.05, 0) is 48.1 Å². The molecule has 27 heavy (non-hydrogen) atoms. The monoisotopic (exact) mass is 417 g/mol. The lowest BCUT2D eigenvalue weighted by molar-refractivity contribution is -0.123. The van der Waals surface area contributed by atoms with E-state index in [-0.39, 0.29) is 15.8 Å². The van der Waals surface area contributed by atoms with E-state index < -0.39 is 5.91 Å². The second-order valence-corrected chi connectivity index (χ2v) is 8.01. The Kier molecular flexibility index (Phi) is 5.84. The highest BCUT2D eigenvalue weighted by molar-refractivity contribution is 8.26. The van der Waals surface area contributed by atoms with E-state index in [1.807, 2.05) is 43.3 Å². The van der Waals surface area contributed by atoms with Gasteiger partial charge in [-0.3, -0.25) is 15.0 Å². The molecule has 2 aromatic carbocycles. The van der Waals surface area contributed by atoms with Gasteiger partial charge in [0.15, 0.2) is 4.32 Å². The lowest BCUT2D eigenvalue weighted by Crippen LogP contribution is -2.44. The molecule has 0 radical (unpaired) electrons. The summed E-state index contributed by atoms with van der Waals surface area (Å²) >= 11 is 12.4. The fourth-order valence-electron chi connectivity index (χ4n) is 2.39. The number of halogens is 1. The number of nitrogens with zero attached hydrogens (tertiary/aromatic N) is 2. The predicted molar refractivity (Wildman–Crippen MR) is 115 cm³/mol. The maximum absolute atomic E-state index is 12.6. The zero-order valence-corrected chi connectivity index (χ0v) is 17.0. The first kappa shape index (κ1) is 19.4. The van der Waals surface area contributed by atoms with Crippen molar-refractivity contribution in [3.8, 4) is 0 Å². The van der Waals surface area contributed by atoms with Gasteiger partial charge in [-0.15, -0.1) is 0 Å². The Labute approximate surface area is 171 Å². The topological polar surface area (TPSA) is 52.6 Å². The molecule has 1 aliphatic rings. The SMILES string of the molecule is CN(C)c1ccc(/C=C2\SC(=S)N(NC(=O)c3ccccc3Cl)C2=O)cc1. The fourth-order valence-corrected chi connectivity index (χ4v) is 3.79. The summed E-state index contributed by atoms with van der Waals surface area (Å²) in [4.78, 5) is 27.5. The summed E-state index contributed by atoms with van der Waals surface area (Å²) in [6.45, 7) is 0. The molecule has 0 unspecified atom stereocenters. The van der Waals surface area contributed by atoms with Crippen LogP contribution in [0.25, 0.3) is 6.08 Å². The van der Waals surface area contributed by atoms with Crippen molar-refractivity contribution >= 4 is 63.5 Å². The molecule has 0 aromatic heterocycles. The molecule has 0 aliphatic carbocycles. The number of thioether (sulfide) groups is 1. The number of rotatable bonds is 4. The number of thiocarbonyl (C=S) groups is 1. The second kappa shape index (κ2) is 8.12. The number of hydrogen-bond acceptors (Lipinski definition) is 5. The van der Waals surface area contributed by atoms with Gasteiger partial charge in [-0.2, -0.15) is 5.01 Å². The van der Waals surface area contributed by atoms with Crippen molar-refractivity contribution in [3.63, 3.8) is 0 Å². The van der Waals surface area contributed by atoms with Crippen molar-refractivity contribution in [1.29, 1.82) is 0 Å². The quantitative estimate of drug-likeness (QED) is 0.603. The fraction of sp³-hybridized carbons (Fsp3) is 0.105. The van der Waals surface area contributed by atoms with E-state index in [2.05, 4.69) is 5.43 Å². The lowest BCUT2D eigenvalue weighted by Gasteiger charge is -2.16. The van der Waals surface area contributed by atoms with Crippen LogP contribution in [0.1, 0.15) is 15.9 Å². The Hall–Kier alpha value is -2.35. The van der Waals surface area contributed by atoms with Crippen molar-refractivity contribution in [3.05, 3.63) is 69.6 Å². The van der Waals surface area contributed by atoms with Gasteiger partial charge in [0.25, 0.3) is 11.8 Å². The molecule has 0 bridgehead atoms. The van der Waals surface area contributed by atoms with E-state index >= 15 is 0 Å². The normalized spacial score (nSPS) is 15.4. The number of hydrazine groups is 1. The first-order valence-corrected chi connectivity index (χ1v) is 9.58. The molecular formula is C19H16ClN3O2S2. The molecule has 1 saturated heterocycles. The molecular weight excluding hydrogens is 402 g/mol. The first-order chi connectivity index (χ1) is 12.9. The smallest absolute Gasteiger partial charge is 0.285 e. The lowest BCUT2D eigenvalue weighted by atomic mass is 10.2. The van der Waals surface area contributed by atoms with E-state index in [1.54, 1.807) is 30.3 Å². The third-order valence-corrected chi connectivity index (χ3v) is 5.46. The van der Waals surface area contributed by atoms with Crippen molar-refractivity contribution in [2.75, 3.05) is 19.0 Å². The summed E-state index contributed by atoms with van der Waals surface area (Å²) in [7, 11) is 3.92. The van der Waals surface area contributed by atoms with E-state index in [0.717, 1.165) is 28.0 Å². The Balaban J connectivity index is 1.76. The summed E-state index contributed by atoms with van der Waals surface area (Å²) in [5.74, 6) is -0.865. The molecule has 3 rings (SSSR count). The molecule has 1 aliphatic heterocycles. The molecule has 5 nitrogen and oxygen atoms in total. The average Bonchev–Trinajstić information content (AvgIpc) is 2.90. The van der Waals surface area contributed by atoms with Crippen molar-refractivity contribution < 1.29 is 9.59 Å². The number of benzene rings is 2. The molecule has 1 fully saturated rings. The number of anilines is 1. The highest BCUT2D eigenvalue weighted by Gasteiger charge is 2.34. The van der Waals surface area contributed by atoms with Gasteiger partial charge >= 0.3 is 0 Å². The number of hydrogen-bond donors (Lipinski definition) is 1. The van der Waals surface area contributed by atoms with Crippen LogP contribution in [0, 0.1) is 0 Å². The minimum absolute atomic E-state index is 0.261. The third-order valence-electron chi connectivity index (χ3n) is 3.83. The Morgan fingerprint density at radius 1 is 1.19 bits per heavy atom. The maximum atomic E-state index is 12.6. The van der Waals surface area contributed by atoms with Crippen molar-refractivity contribution in [2.45, 2.75) is 0 Å². The molecule has 138 valence electrons. The van der Waals surface area contributed by atoms with E-state index in [0.29, 0.717) is 9.93 Å². The minimum Gasteiger partial charge on any atom is -0.378 e. The van der Waals surface area contributed by atoms with Crippen LogP contribution in [0.3, 0.4) is 0 Å². The molecule has 0 atom stereocenters. The summed E-state index contributed by atoms with van der Waals surface area (Å²) in [6.07, 6.45) is 1.75. The third kappa shape index (κ3) is 4.32. The van der Waals surface area contributed by atoms with Crippen LogP contribution in [0.15, 0.2) is 53.4 Å². The van der Waals surface area contributed by atoms with Gasteiger partial charge in [0.2, 0.25) is 0 Å². The van der Waals surface area contributed by atoms with Crippen LogP contribution in [0.5, 0.6) is 0 Å². The molecule has 2 aromatic rings. The van der Waals surface area contributed by atoms with Gasteiger partial charge in [-0.1, -0.05) is 47.6 Å². The molecule has 1 N–H and O–H groups in total. The van der Waals surface area contributed by atoms with Gasteiger partial charge in [-0.25, -0.2) is 0 Å². The molecule has 1 heterocycles. The van der Waals surface area contributed by atoms with Crippen LogP contribution < -0.4 is 10.3 Å². The van der Waals surface area contributed by atoms with Gasteiger partial charge < -0.3 is 4.90 Å². The highest BCUT2D eigenvalue weighted by Crippen LogP contribution is 2.32. The van der Waals surface area contributed by atoms with Crippen LogP contribution in [0.4, 0.5) is 5.69 Å². The molecule has 0 spiro atoms. The van der Waals surface area contributed by atoms with E-state index in [1.165, 1.54) is 0 Å². The van der Waals surface area contributed by atoms with Crippen molar-refractivity contribution in [2.24, 2.45) is 0 Å². The highest BCUT2D eigenvalue weighted by atomic mass is 35.5. The van der Waals surface area contributed by atoms with E-state index in [4.69, 9.17) is 23.8 Å². The van der Waals surface area contributed by atoms with Crippen LogP contribution in [-0.4, -0.2) is 35.2 Å². The summed E-state index contributed by atoms with van der Waals surface area (Å²) < 4.78 is 0.261. The number of nitrogens with one attached hydrogen (secondary N) is 1. The van der Waals surface area contributed by atoms with Crippen LogP contribution in [-0.2, 0) is 4.79 Å². The molecule has 0 saturated carbocycles. The van der Waals surface area contributed by atoms with Crippen LogP contribution >= 0.6 is 35.6 Å². The predicted octanol–water partition coefficient (Wildman–Crippen LogP) is 3.95. The Morgan fingerprint density at radius 3 is 2.48 bits per heavy atom. The van der Waals surface area contributed by atoms with Crippen molar-refractivity contribution in [1.82, 2.24) is 10.4 Å². The molecule has 2 amide bonds. The first-order valence-electron chi connectivity index (χ1n) is 7.97. The summed E-state index contributed by atoms with van der Waals surface area (Å²) in [6, 6.07) is 14.4.